The van der Waals surface area contributed by atoms with Gasteiger partial charge in [-0.15, -0.1) is 0 Å². The minimum absolute atomic E-state index is 0.407. The lowest BCUT2D eigenvalue weighted by Crippen LogP contribution is -2.33. The maximum absolute atomic E-state index is 6.14. The molecule has 1 aliphatic heterocycles. The number of para-hydroxylation sites is 1. The monoisotopic (exact) mass is 302 g/mol. The van der Waals surface area contributed by atoms with Crippen LogP contribution in [0.25, 0.3) is 0 Å². The fourth-order valence-electron chi connectivity index (χ4n) is 1.97. The SMILES string of the molecule is Clc1ccccc1NC1=NCCN1OCc1ccccn1. The van der Waals surface area contributed by atoms with Gasteiger partial charge in [0.25, 0.3) is 0 Å². The number of rotatable bonds is 4. The zero-order valence-electron chi connectivity index (χ0n) is 11.4. The number of halogens is 1. The molecule has 0 saturated carbocycles. The molecule has 1 N–H and O–H groups in total. The van der Waals surface area contributed by atoms with Gasteiger partial charge in [0.05, 0.1) is 29.5 Å². The Bertz CT molecular complexity index is 633. The highest BCUT2D eigenvalue weighted by atomic mass is 35.5. The molecular weight excluding hydrogens is 288 g/mol. The number of guanidine groups is 1. The average molecular weight is 303 g/mol. The first-order chi connectivity index (χ1) is 10.3. The van der Waals surface area contributed by atoms with Crippen LogP contribution in [0.2, 0.25) is 5.02 Å². The van der Waals surface area contributed by atoms with Gasteiger partial charge in [-0.2, -0.15) is 0 Å². The van der Waals surface area contributed by atoms with Gasteiger partial charge < -0.3 is 5.32 Å². The summed E-state index contributed by atoms with van der Waals surface area (Å²) >= 11 is 6.14. The van der Waals surface area contributed by atoms with Gasteiger partial charge >= 0.3 is 0 Å². The standard InChI is InChI=1S/C15H15ClN4O/c16-13-6-1-2-7-14(13)19-15-18-9-10-20(15)21-11-12-5-3-4-8-17-12/h1-8H,9-11H2,(H,18,19). The van der Waals surface area contributed by atoms with E-state index in [2.05, 4.69) is 15.3 Å². The first-order valence-electron chi connectivity index (χ1n) is 6.69. The number of benzene rings is 1. The first kappa shape index (κ1) is 13.9. The molecule has 1 aromatic carbocycles. The summed E-state index contributed by atoms with van der Waals surface area (Å²) in [6.07, 6.45) is 1.75. The summed E-state index contributed by atoms with van der Waals surface area (Å²) in [6, 6.07) is 13.3. The molecule has 2 aromatic rings. The van der Waals surface area contributed by atoms with Gasteiger partial charge in [0.1, 0.15) is 6.61 Å². The Hall–Kier alpha value is -2.11. The van der Waals surface area contributed by atoms with Crippen molar-refractivity contribution in [2.45, 2.75) is 6.61 Å². The zero-order chi connectivity index (χ0) is 14.5. The van der Waals surface area contributed by atoms with E-state index in [9.17, 15) is 0 Å². The number of nitrogens with zero attached hydrogens (tertiary/aromatic N) is 3. The zero-order valence-corrected chi connectivity index (χ0v) is 12.1. The number of aromatic nitrogens is 1. The van der Waals surface area contributed by atoms with Gasteiger partial charge in [0.2, 0.25) is 5.96 Å². The summed E-state index contributed by atoms with van der Waals surface area (Å²) in [6.45, 7) is 1.80. The molecule has 0 fully saturated rings. The quantitative estimate of drug-likeness (QED) is 0.943. The van der Waals surface area contributed by atoms with Crippen LogP contribution in [-0.4, -0.2) is 29.1 Å². The third-order valence-corrected chi connectivity index (χ3v) is 3.35. The van der Waals surface area contributed by atoms with Crippen molar-refractivity contribution >= 4 is 23.2 Å². The number of nitrogens with one attached hydrogen (secondary N) is 1. The molecule has 0 spiro atoms. The van der Waals surface area contributed by atoms with E-state index < -0.39 is 0 Å². The highest BCUT2D eigenvalue weighted by molar-refractivity contribution is 6.33. The molecule has 108 valence electrons. The average Bonchev–Trinajstić information content (AvgIpc) is 2.96. The lowest BCUT2D eigenvalue weighted by atomic mass is 10.3. The minimum Gasteiger partial charge on any atom is -0.323 e. The van der Waals surface area contributed by atoms with E-state index >= 15 is 0 Å². The molecule has 0 atom stereocenters. The molecule has 3 rings (SSSR count). The van der Waals surface area contributed by atoms with Crippen molar-refractivity contribution in [1.82, 2.24) is 10.0 Å². The normalized spacial score (nSPS) is 14.1. The van der Waals surface area contributed by atoms with Crippen molar-refractivity contribution in [2.24, 2.45) is 4.99 Å². The van der Waals surface area contributed by atoms with E-state index in [1.54, 1.807) is 11.3 Å². The highest BCUT2D eigenvalue weighted by Crippen LogP contribution is 2.21. The van der Waals surface area contributed by atoms with Crippen molar-refractivity contribution in [1.29, 1.82) is 0 Å². The molecular formula is C15H15ClN4O. The van der Waals surface area contributed by atoms with Gasteiger partial charge in [-0.1, -0.05) is 29.8 Å². The fourth-order valence-corrected chi connectivity index (χ4v) is 2.15. The number of hydrogen-bond acceptors (Lipinski definition) is 5. The van der Waals surface area contributed by atoms with Crippen LogP contribution in [0.1, 0.15) is 5.69 Å². The maximum Gasteiger partial charge on any atom is 0.223 e. The molecule has 0 amide bonds. The molecule has 0 radical (unpaired) electrons. The third-order valence-electron chi connectivity index (χ3n) is 3.02. The molecule has 1 aromatic heterocycles. The Morgan fingerprint density at radius 2 is 2.05 bits per heavy atom. The molecule has 5 nitrogen and oxygen atoms in total. The molecule has 6 heteroatoms. The van der Waals surface area contributed by atoms with Gasteiger partial charge in [-0.3, -0.25) is 9.82 Å². The lowest BCUT2D eigenvalue weighted by molar-refractivity contribution is -0.104. The summed E-state index contributed by atoms with van der Waals surface area (Å²) in [5, 5.41) is 5.58. The van der Waals surface area contributed by atoms with Crippen LogP contribution in [0, 0.1) is 0 Å². The highest BCUT2D eigenvalue weighted by Gasteiger charge is 2.19. The summed E-state index contributed by atoms with van der Waals surface area (Å²) in [7, 11) is 0. The topological polar surface area (TPSA) is 49.8 Å². The van der Waals surface area contributed by atoms with Gasteiger partial charge in [-0.05, 0) is 24.3 Å². The molecule has 0 unspecified atom stereocenters. The smallest absolute Gasteiger partial charge is 0.223 e. The maximum atomic E-state index is 6.14. The van der Waals surface area contributed by atoms with E-state index in [1.165, 1.54) is 0 Å². The van der Waals surface area contributed by atoms with Gasteiger partial charge in [0.15, 0.2) is 0 Å². The fraction of sp³-hybridized carbons (Fsp3) is 0.200. The summed E-state index contributed by atoms with van der Waals surface area (Å²) in [5.41, 5.74) is 1.69. The lowest BCUT2D eigenvalue weighted by Gasteiger charge is -2.20. The van der Waals surface area contributed by atoms with Crippen molar-refractivity contribution < 1.29 is 4.84 Å². The number of aliphatic imine (C=N–C) groups is 1. The van der Waals surface area contributed by atoms with E-state index in [0.717, 1.165) is 11.4 Å². The summed E-state index contributed by atoms with van der Waals surface area (Å²) < 4.78 is 0. The van der Waals surface area contributed by atoms with Gasteiger partial charge in [-0.25, -0.2) is 10.1 Å². The van der Waals surface area contributed by atoms with Crippen LogP contribution in [0.4, 0.5) is 5.69 Å². The van der Waals surface area contributed by atoms with Gasteiger partial charge in [0, 0.05) is 6.20 Å². The van der Waals surface area contributed by atoms with E-state index in [-0.39, 0.29) is 0 Å². The van der Waals surface area contributed by atoms with Crippen LogP contribution in [-0.2, 0) is 11.4 Å². The van der Waals surface area contributed by atoms with E-state index in [0.29, 0.717) is 30.7 Å². The van der Waals surface area contributed by atoms with Crippen molar-refractivity contribution in [2.75, 3.05) is 18.4 Å². The summed E-state index contributed by atoms with van der Waals surface area (Å²) in [5.74, 6) is 0.666. The third kappa shape index (κ3) is 3.51. The predicted octanol–water partition coefficient (Wildman–Crippen LogP) is 2.95. The number of pyridine rings is 1. The van der Waals surface area contributed by atoms with Crippen molar-refractivity contribution in [3.63, 3.8) is 0 Å². The van der Waals surface area contributed by atoms with Crippen LogP contribution in [0.15, 0.2) is 53.7 Å². The number of hydrogen-bond donors (Lipinski definition) is 1. The second-order valence-electron chi connectivity index (χ2n) is 4.51. The number of anilines is 1. The van der Waals surface area contributed by atoms with E-state index in [4.69, 9.17) is 16.4 Å². The molecule has 0 saturated heterocycles. The summed E-state index contributed by atoms with van der Waals surface area (Å²) in [4.78, 5) is 14.4. The van der Waals surface area contributed by atoms with Crippen LogP contribution in [0.5, 0.6) is 0 Å². The molecule has 2 heterocycles. The minimum atomic E-state index is 0.407. The Morgan fingerprint density at radius 1 is 1.19 bits per heavy atom. The molecule has 0 bridgehead atoms. The van der Waals surface area contributed by atoms with Crippen molar-refractivity contribution in [3.05, 3.63) is 59.4 Å². The van der Waals surface area contributed by atoms with E-state index in [1.807, 2.05) is 42.5 Å². The molecule has 0 aliphatic carbocycles. The van der Waals surface area contributed by atoms with Crippen LogP contribution >= 0.6 is 11.6 Å². The first-order valence-corrected chi connectivity index (χ1v) is 7.07. The predicted molar refractivity (Wildman–Crippen MR) is 83.1 cm³/mol. The Morgan fingerprint density at radius 3 is 2.86 bits per heavy atom. The molecule has 1 aliphatic rings. The second kappa shape index (κ2) is 6.56. The van der Waals surface area contributed by atoms with Crippen molar-refractivity contribution in [3.8, 4) is 0 Å². The number of hydroxylamine groups is 2. The van der Waals surface area contributed by atoms with Crippen LogP contribution < -0.4 is 5.32 Å². The Kier molecular flexibility index (Phi) is 4.33. The largest absolute Gasteiger partial charge is 0.323 e. The Labute approximate surface area is 128 Å². The second-order valence-corrected chi connectivity index (χ2v) is 4.91. The molecule has 21 heavy (non-hydrogen) atoms. The van der Waals surface area contributed by atoms with Crippen LogP contribution in [0.3, 0.4) is 0 Å². The Balaban J connectivity index is 1.62.